The van der Waals surface area contributed by atoms with Crippen molar-refractivity contribution in [2.24, 2.45) is 0 Å². The van der Waals surface area contributed by atoms with E-state index in [2.05, 4.69) is 40.4 Å². The van der Waals surface area contributed by atoms with E-state index in [4.69, 9.17) is 0 Å². The second-order valence-corrected chi connectivity index (χ2v) is 10.8. The van der Waals surface area contributed by atoms with Crippen LogP contribution in [0.1, 0.15) is 38.3 Å². The van der Waals surface area contributed by atoms with Gasteiger partial charge in [0, 0.05) is 54.5 Å². The maximum Gasteiger partial charge on any atom is 0.216 e. The highest BCUT2D eigenvalue weighted by Gasteiger charge is 2.41. The molecule has 31 heavy (non-hydrogen) atoms. The second kappa shape index (κ2) is 8.20. The Bertz CT molecular complexity index is 1200. The van der Waals surface area contributed by atoms with E-state index in [0.29, 0.717) is 13.1 Å². The number of anilines is 1. The number of pyridine rings is 2. The van der Waals surface area contributed by atoms with E-state index in [1.165, 1.54) is 0 Å². The molecule has 5 rings (SSSR count). The quantitative estimate of drug-likeness (QED) is 0.626. The van der Waals surface area contributed by atoms with Crippen molar-refractivity contribution in [1.82, 2.24) is 14.3 Å². The van der Waals surface area contributed by atoms with Crippen LogP contribution in [0.5, 0.6) is 0 Å². The predicted molar refractivity (Wildman–Crippen MR) is 125 cm³/mol. The fraction of sp³-hybridized carbons (Fsp3) is 0.417. The number of nitrogens with zero attached hydrogens (tertiary/aromatic N) is 3. The first-order chi connectivity index (χ1) is 15.0. The lowest BCUT2D eigenvalue weighted by Gasteiger charge is -2.32. The molecule has 7 heteroatoms. The van der Waals surface area contributed by atoms with Crippen LogP contribution in [0.25, 0.3) is 21.9 Å². The summed E-state index contributed by atoms with van der Waals surface area (Å²) in [5.74, 6) is 0. The second-order valence-electron chi connectivity index (χ2n) is 8.57. The monoisotopic (exact) mass is 436 g/mol. The number of hydrogen-bond donors (Lipinski definition) is 1. The molecule has 0 unspecified atom stereocenters. The first-order valence-corrected chi connectivity index (χ1v) is 12.6. The van der Waals surface area contributed by atoms with E-state index < -0.39 is 10.0 Å². The van der Waals surface area contributed by atoms with Crippen molar-refractivity contribution in [3.63, 3.8) is 0 Å². The molecule has 0 bridgehead atoms. The van der Waals surface area contributed by atoms with Crippen molar-refractivity contribution in [3.8, 4) is 11.1 Å². The van der Waals surface area contributed by atoms with Crippen LogP contribution in [0, 0.1) is 0 Å². The molecule has 0 amide bonds. The predicted octanol–water partition coefficient (Wildman–Crippen LogP) is 4.23. The summed E-state index contributed by atoms with van der Waals surface area (Å²) in [6, 6.07) is 10.9. The minimum atomic E-state index is -3.08. The molecule has 3 heterocycles. The Hall–Kier alpha value is -2.51. The van der Waals surface area contributed by atoms with Gasteiger partial charge in [0.1, 0.15) is 0 Å². The lowest BCUT2D eigenvalue weighted by molar-refractivity contribution is 0.329. The lowest BCUT2D eigenvalue weighted by atomic mass is 9.99. The summed E-state index contributed by atoms with van der Waals surface area (Å²) in [5, 5.41) is 5.80. The molecule has 1 N–H and O–H groups in total. The molecule has 6 nitrogen and oxygen atoms in total. The summed E-state index contributed by atoms with van der Waals surface area (Å²) >= 11 is 0. The zero-order valence-electron chi connectivity index (χ0n) is 17.8. The minimum absolute atomic E-state index is 0.128. The molecule has 3 aromatic rings. The molecule has 2 aliphatic rings. The Morgan fingerprint density at radius 2 is 1.84 bits per heavy atom. The number of aryl methyl sites for hydroxylation is 1. The highest BCUT2D eigenvalue weighted by molar-refractivity contribution is 7.90. The summed E-state index contributed by atoms with van der Waals surface area (Å²) < 4.78 is 26.8. The van der Waals surface area contributed by atoms with E-state index in [1.807, 2.05) is 30.7 Å². The topological polar surface area (TPSA) is 75.2 Å². The maximum atomic E-state index is 12.5. The van der Waals surface area contributed by atoms with Gasteiger partial charge in [-0.1, -0.05) is 6.92 Å². The minimum Gasteiger partial charge on any atom is -0.382 e. The Labute approximate surface area is 183 Å². The molecule has 1 aliphatic carbocycles. The van der Waals surface area contributed by atoms with Crippen LogP contribution >= 0.6 is 0 Å². The largest absolute Gasteiger partial charge is 0.382 e. The molecule has 1 aromatic carbocycles. The molecule has 2 aromatic heterocycles. The molecule has 0 radical (unpaired) electrons. The van der Waals surface area contributed by atoms with Gasteiger partial charge in [0.05, 0.1) is 5.25 Å². The van der Waals surface area contributed by atoms with Crippen LogP contribution in [0.15, 0.2) is 48.9 Å². The summed E-state index contributed by atoms with van der Waals surface area (Å²) in [6.45, 7) is 3.30. The summed E-state index contributed by atoms with van der Waals surface area (Å²) in [6.07, 6.45) is 9.76. The average Bonchev–Trinajstić information content (AvgIpc) is 3.66. The highest BCUT2D eigenvalue weighted by Crippen LogP contribution is 2.34. The van der Waals surface area contributed by atoms with Crippen LogP contribution in [0.2, 0.25) is 0 Å². The third-order valence-corrected chi connectivity index (χ3v) is 8.79. The zero-order valence-corrected chi connectivity index (χ0v) is 18.6. The fourth-order valence-corrected chi connectivity index (χ4v) is 6.26. The molecule has 0 spiro atoms. The normalized spacial score (nSPS) is 18.4. The Kier molecular flexibility index (Phi) is 5.40. The lowest BCUT2D eigenvalue weighted by Crippen LogP contribution is -2.43. The summed E-state index contributed by atoms with van der Waals surface area (Å²) in [4.78, 5) is 8.76. The van der Waals surface area contributed by atoms with E-state index in [1.54, 1.807) is 4.31 Å². The van der Waals surface area contributed by atoms with E-state index in [9.17, 15) is 8.42 Å². The SMILES string of the molecule is CCc1cc(-c2cc(NC3CCN(S(=O)(=O)C4CC4)CC3)c3cnccc3c2)ccn1. The highest BCUT2D eigenvalue weighted by atomic mass is 32.2. The van der Waals surface area contributed by atoms with Crippen LogP contribution in [0.4, 0.5) is 5.69 Å². The first kappa shape index (κ1) is 20.4. The number of piperidine rings is 1. The van der Waals surface area contributed by atoms with E-state index in [-0.39, 0.29) is 11.3 Å². The molecular formula is C24H28N4O2S. The number of benzene rings is 1. The van der Waals surface area contributed by atoms with Crippen LogP contribution in [0.3, 0.4) is 0 Å². The van der Waals surface area contributed by atoms with Crippen molar-refractivity contribution in [1.29, 1.82) is 0 Å². The Balaban J connectivity index is 1.40. The van der Waals surface area contributed by atoms with Gasteiger partial charge in [-0.15, -0.1) is 0 Å². The maximum absolute atomic E-state index is 12.5. The van der Waals surface area contributed by atoms with Crippen LogP contribution in [-0.4, -0.2) is 47.1 Å². The van der Waals surface area contributed by atoms with Gasteiger partial charge in [0.25, 0.3) is 0 Å². The van der Waals surface area contributed by atoms with Gasteiger partial charge in [0.2, 0.25) is 10.0 Å². The molecular weight excluding hydrogens is 408 g/mol. The fourth-order valence-electron chi connectivity index (χ4n) is 4.39. The van der Waals surface area contributed by atoms with Crippen molar-refractivity contribution in [2.45, 2.75) is 50.3 Å². The van der Waals surface area contributed by atoms with Gasteiger partial charge in [-0.05, 0) is 78.9 Å². The number of hydrogen-bond acceptors (Lipinski definition) is 5. The number of aromatic nitrogens is 2. The van der Waals surface area contributed by atoms with Gasteiger partial charge in [0.15, 0.2) is 0 Å². The van der Waals surface area contributed by atoms with Crippen molar-refractivity contribution < 1.29 is 8.42 Å². The van der Waals surface area contributed by atoms with E-state index >= 15 is 0 Å². The van der Waals surface area contributed by atoms with Gasteiger partial charge >= 0.3 is 0 Å². The zero-order chi connectivity index (χ0) is 21.4. The van der Waals surface area contributed by atoms with Crippen molar-refractivity contribution >= 4 is 26.5 Å². The molecule has 1 aliphatic heterocycles. The summed E-state index contributed by atoms with van der Waals surface area (Å²) in [5.41, 5.74) is 4.43. The average molecular weight is 437 g/mol. The smallest absolute Gasteiger partial charge is 0.216 e. The van der Waals surface area contributed by atoms with Gasteiger partial charge in [-0.2, -0.15) is 0 Å². The number of nitrogens with one attached hydrogen (secondary N) is 1. The number of fused-ring (bicyclic) bond motifs is 1. The Morgan fingerprint density at radius 1 is 1.03 bits per heavy atom. The van der Waals surface area contributed by atoms with E-state index in [0.717, 1.165) is 65.4 Å². The molecule has 0 atom stereocenters. The van der Waals surface area contributed by atoms with Crippen molar-refractivity contribution in [3.05, 3.63) is 54.6 Å². The third kappa shape index (κ3) is 4.16. The van der Waals surface area contributed by atoms with Crippen molar-refractivity contribution in [2.75, 3.05) is 18.4 Å². The van der Waals surface area contributed by atoms with Crippen LogP contribution < -0.4 is 5.32 Å². The van der Waals surface area contributed by atoms with Gasteiger partial charge in [-0.3, -0.25) is 9.97 Å². The number of sulfonamides is 1. The molecule has 1 saturated carbocycles. The van der Waals surface area contributed by atoms with Gasteiger partial charge < -0.3 is 5.32 Å². The third-order valence-electron chi connectivity index (χ3n) is 6.39. The molecule has 162 valence electrons. The first-order valence-electron chi connectivity index (χ1n) is 11.1. The van der Waals surface area contributed by atoms with Crippen LogP contribution in [-0.2, 0) is 16.4 Å². The molecule has 2 fully saturated rings. The Morgan fingerprint density at radius 3 is 2.58 bits per heavy atom. The number of rotatable bonds is 6. The summed E-state index contributed by atoms with van der Waals surface area (Å²) in [7, 11) is -3.08. The molecule has 1 saturated heterocycles. The van der Waals surface area contributed by atoms with Gasteiger partial charge in [-0.25, -0.2) is 12.7 Å². The standard InChI is InChI=1S/C24H28N4O2S/c1-2-20-14-17(6-10-26-20)19-13-18-5-9-25-16-23(18)24(15-19)27-21-7-11-28(12-8-21)31(29,30)22-3-4-22/h5-6,9-10,13-16,21-22,27H,2-4,7-8,11-12H2,1H3.